The largest absolute Gasteiger partial charge is 0.349 e. The van der Waals surface area contributed by atoms with E-state index in [1.54, 1.807) is 24.3 Å². The molecule has 1 fully saturated rings. The molecule has 0 aliphatic heterocycles. The predicted octanol–water partition coefficient (Wildman–Crippen LogP) is 3.06. The Hall–Kier alpha value is -2.95. The Morgan fingerprint density at radius 1 is 1.04 bits per heavy atom. The van der Waals surface area contributed by atoms with E-state index >= 15 is 0 Å². The van der Waals surface area contributed by atoms with Crippen LogP contribution in [-0.4, -0.2) is 21.5 Å². The van der Waals surface area contributed by atoms with Crippen LogP contribution in [0.15, 0.2) is 59.7 Å². The average molecular weight is 333 g/mol. The molecule has 1 N–H and O–H groups in total. The van der Waals surface area contributed by atoms with Crippen molar-refractivity contribution in [2.45, 2.75) is 31.7 Å². The van der Waals surface area contributed by atoms with Crippen molar-refractivity contribution >= 4 is 16.8 Å². The van der Waals surface area contributed by atoms with Crippen molar-refractivity contribution in [3.63, 3.8) is 0 Å². The molecule has 1 saturated carbocycles. The lowest BCUT2D eigenvalue weighted by Crippen LogP contribution is -2.34. The summed E-state index contributed by atoms with van der Waals surface area (Å²) in [6.45, 7) is 0. The third kappa shape index (κ3) is 2.93. The lowest BCUT2D eigenvalue weighted by atomic mass is 10.1. The first-order valence-corrected chi connectivity index (χ1v) is 8.61. The Morgan fingerprint density at radius 2 is 1.76 bits per heavy atom. The van der Waals surface area contributed by atoms with Gasteiger partial charge in [0.1, 0.15) is 6.33 Å². The molecule has 0 saturated heterocycles. The molecule has 5 nitrogen and oxygen atoms in total. The molecule has 126 valence electrons. The molecule has 1 aliphatic rings. The molecule has 4 rings (SSSR count). The van der Waals surface area contributed by atoms with Gasteiger partial charge in [-0.1, -0.05) is 37.1 Å². The molecule has 1 amide bonds. The van der Waals surface area contributed by atoms with Crippen LogP contribution in [0.25, 0.3) is 16.6 Å². The summed E-state index contributed by atoms with van der Waals surface area (Å²) in [7, 11) is 0. The number of aromatic nitrogens is 2. The van der Waals surface area contributed by atoms with Gasteiger partial charge in [0.25, 0.3) is 11.5 Å². The standard InChI is InChI=1S/C20H19N3O2/c24-19(22-14-7-1-2-8-14)16-10-4-6-12-18(16)23-13-21-17-11-5-3-9-15(17)20(23)25/h3-6,9-14H,1-2,7-8H2,(H,22,24). The second-order valence-corrected chi connectivity index (χ2v) is 6.41. The van der Waals surface area contributed by atoms with E-state index < -0.39 is 0 Å². The fourth-order valence-electron chi connectivity index (χ4n) is 3.45. The van der Waals surface area contributed by atoms with Gasteiger partial charge in [0.15, 0.2) is 0 Å². The van der Waals surface area contributed by atoms with Crippen LogP contribution in [0.5, 0.6) is 0 Å². The van der Waals surface area contributed by atoms with Gasteiger partial charge in [-0.15, -0.1) is 0 Å². The van der Waals surface area contributed by atoms with E-state index in [-0.39, 0.29) is 17.5 Å². The van der Waals surface area contributed by atoms with E-state index in [1.807, 2.05) is 24.3 Å². The molecule has 25 heavy (non-hydrogen) atoms. The Morgan fingerprint density at radius 3 is 2.60 bits per heavy atom. The maximum atomic E-state index is 12.8. The zero-order chi connectivity index (χ0) is 17.2. The number of carbonyl (C=O) groups is 1. The van der Waals surface area contributed by atoms with Crippen molar-refractivity contribution in [3.05, 3.63) is 70.8 Å². The summed E-state index contributed by atoms with van der Waals surface area (Å²) in [6.07, 6.45) is 5.84. The second-order valence-electron chi connectivity index (χ2n) is 6.41. The van der Waals surface area contributed by atoms with Gasteiger partial charge in [0, 0.05) is 6.04 Å². The first kappa shape index (κ1) is 15.6. The zero-order valence-electron chi connectivity index (χ0n) is 13.8. The van der Waals surface area contributed by atoms with Crippen molar-refractivity contribution in [3.8, 4) is 5.69 Å². The summed E-state index contributed by atoms with van der Waals surface area (Å²) in [4.78, 5) is 29.9. The molecule has 1 aromatic heterocycles. The number of para-hydroxylation sites is 2. The highest BCUT2D eigenvalue weighted by molar-refractivity contribution is 5.98. The summed E-state index contributed by atoms with van der Waals surface area (Å²) in [5.74, 6) is -0.137. The Bertz CT molecular complexity index is 987. The number of hydrogen-bond donors (Lipinski definition) is 1. The SMILES string of the molecule is O=C(NC1CCCC1)c1ccccc1-n1cnc2ccccc2c1=O. The van der Waals surface area contributed by atoms with Gasteiger partial charge < -0.3 is 5.32 Å². The van der Waals surface area contributed by atoms with Crippen molar-refractivity contribution in [1.82, 2.24) is 14.9 Å². The van der Waals surface area contributed by atoms with E-state index in [9.17, 15) is 9.59 Å². The molecule has 2 aromatic carbocycles. The first-order valence-electron chi connectivity index (χ1n) is 8.61. The van der Waals surface area contributed by atoms with E-state index in [0.717, 1.165) is 25.7 Å². The number of nitrogens with one attached hydrogen (secondary N) is 1. The smallest absolute Gasteiger partial charge is 0.265 e. The van der Waals surface area contributed by atoms with Crippen molar-refractivity contribution in [2.24, 2.45) is 0 Å². The van der Waals surface area contributed by atoms with Gasteiger partial charge >= 0.3 is 0 Å². The summed E-state index contributed by atoms with van der Waals surface area (Å²) in [5.41, 5.74) is 1.53. The summed E-state index contributed by atoms with van der Waals surface area (Å²) >= 11 is 0. The molecular weight excluding hydrogens is 314 g/mol. The minimum absolute atomic E-state index is 0.137. The highest BCUT2D eigenvalue weighted by atomic mass is 16.2. The lowest BCUT2D eigenvalue weighted by molar-refractivity contribution is 0.0938. The number of hydrogen-bond acceptors (Lipinski definition) is 3. The van der Waals surface area contributed by atoms with Crippen LogP contribution < -0.4 is 10.9 Å². The second kappa shape index (κ2) is 6.51. The van der Waals surface area contributed by atoms with Gasteiger partial charge in [-0.05, 0) is 37.1 Å². The molecule has 0 bridgehead atoms. The van der Waals surface area contributed by atoms with Gasteiger partial charge in [0.05, 0.1) is 22.2 Å². The van der Waals surface area contributed by atoms with Crippen LogP contribution in [0.2, 0.25) is 0 Å². The van der Waals surface area contributed by atoms with Crippen molar-refractivity contribution in [2.75, 3.05) is 0 Å². The van der Waals surface area contributed by atoms with E-state index in [1.165, 1.54) is 10.9 Å². The Balaban J connectivity index is 1.77. The summed E-state index contributed by atoms with van der Waals surface area (Å²) in [5, 5.41) is 3.63. The molecule has 0 spiro atoms. The van der Waals surface area contributed by atoms with Crippen LogP contribution in [0, 0.1) is 0 Å². The molecule has 1 aliphatic carbocycles. The zero-order valence-corrected chi connectivity index (χ0v) is 13.8. The topological polar surface area (TPSA) is 64.0 Å². The van der Waals surface area contributed by atoms with Crippen molar-refractivity contribution in [1.29, 1.82) is 0 Å². The van der Waals surface area contributed by atoms with Gasteiger partial charge in [-0.2, -0.15) is 0 Å². The molecular formula is C20H19N3O2. The highest BCUT2D eigenvalue weighted by Crippen LogP contribution is 2.20. The highest BCUT2D eigenvalue weighted by Gasteiger charge is 2.20. The van der Waals surface area contributed by atoms with E-state index in [4.69, 9.17) is 0 Å². The predicted molar refractivity (Wildman–Crippen MR) is 97.1 cm³/mol. The average Bonchev–Trinajstić information content (AvgIpc) is 3.15. The quantitative estimate of drug-likeness (QED) is 0.801. The minimum atomic E-state index is -0.174. The van der Waals surface area contributed by atoms with Crippen LogP contribution in [-0.2, 0) is 0 Å². The number of fused-ring (bicyclic) bond motifs is 1. The third-order valence-electron chi connectivity index (χ3n) is 4.76. The number of benzene rings is 2. The van der Waals surface area contributed by atoms with Gasteiger partial charge in [-0.25, -0.2) is 4.98 Å². The van der Waals surface area contributed by atoms with E-state index in [2.05, 4.69) is 10.3 Å². The third-order valence-corrected chi connectivity index (χ3v) is 4.76. The molecule has 1 heterocycles. The van der Waals surface area contributed by atoms with Crippen LogP contribution in [0.4, 0.5) is 0 Å². The Kier molecular flexibility index (Phi) is 4.06. The van der Waals surface area contributed by atoms with Crippen LogP contribution in [0.3, 0.4) is 0 Å². The maximum absolute atomic E-state index is 12.8. The van der Waals surface area contributed by atoms with Crippen LogP contribution >= 0.6 is 0 Å². The molecule has 3 aromatic rings. The molecule has 0 unspecified atom stereocenters. The first-order chi connectivity index (χ1) is 12.2. The Labute approximate surface area is 145 Å². The molecule has 0 atom stereocenters. The fraction of sp³-hybridized carbons (Fsp3) is 0.250. The monoisotopic (exact) mass is 333 g/mol. The number of rotatable bonds is 3. The van der Waals surface area contributed by atoms with Crippen molar-refractivity contribution < 1.29 is 4.79 Å². The van der Waals surface area contributed by atoms with Gasteiger partial charge in [0.2, 0.25) is 0 Å². The summed E-state index contributed by atoms with van der Waals surface area (Å²) in [6, 6.07) is 14.6. The van der Waals surface area contributed by atoms with Gasteiger partial charge in [-0.3, -0.25) is 14.2 Å². The number of nitrogens with zero attached hydrogens (tertiary/aromatic N) is 2. The minimum Gasteiger partial charge on any atom is -0.349 e. The maximum Gasteiger partial charge on any atom is 0.265 e. The fourth-order valence-corrected chi connectivity index (χ4v) is 3.45. The lowest BCUT2D eigenvalue weighted by Gasteiger charge is -2.15. The summed E-state index contributed by atoms with van der Waals surface area (Å²) < 4.78 is 1.45. The number of amides is 1. The normalized spacial score (nSPS) is 14.7. The molecule has 0 radical (unpaired) electrons. The van der Waals surface area contributed by atoms with E-state index in [0.29, 0.717) is 22.2 Å². The molecule has 5 heteroatoms. The number of carbonyl (C=O) groups excluding carboxylic acids is 1. The van der Waals surface area contributed by atoms with Crippen LogP contribution in [0.1, 0.15) is 36.0 Å².